The van der Waals surface area contributed by atoms with Gasteiger partial charge in [0.2, 0.25) is 5.91 Å². The molecule has 2 rings (SSSR count). The number of carbonyl (C=O) groups is 3. The second-order valence-corrected chi connectivity index (χ2v) is 8.85. The van der Waals surface area contributed by atoms with Gasteiger partial charge in [-0.3, -0.25) is 9.59 Å². The number of anilines is 1. The third-order valence-electron chi connectivity index (χ3n) is 5.45. The Morgan fingerprint density at radius 3 is 2.38 bits per heavy atom. The summed E-state index contributed by atoms with van der Waals surface area (Å²) >= 11 is 0. The number of hydrogen-bond acceptors (Lipinski definition) is 6. The first-order valence-electron chi connectivity index (χ1n) is 11.6. The Bertz CT molecular complexity index is 835. The summed E-state index contributed by atoms with van der Waals surface area (Å²) in [7, 11) is 1.45. The van der Waals surface area contributed by atoms with Crippen molar-refractivity contribution in [2.45, 2.75) is 33.2 Å². The first-order valence-corrected chi connectivity index (χ1v) is 11.6. The SMILES string of the molecule is COCC(=O)N1CCCN(CC(C)C)CCCN(C(=O)COCC(=O)O)Cc2cc(F)ccc21. The van der Waals surface area contributed by atoms with Crippen LogP contribution in [0.2, 0.25) is 0 Å². The summed E-state index contributed by atoms with van der Waals surface area (Å²) in [6.07, 6.45) is 1.44. The van der Waals surface area contributed by atoms with Crippen molar-refractivity contribution in [3.63, 3.8) is 0 Å². The van der Waals surface area contributed by atoms with E-state index >= 15 is 0 Å². The van der Waals surface area contributed by atoms with Crippen LogP contribution in [-0.4, -0.2) is 92.3 Å². The zero-order chi connectivity index (χ0) is 25.1. The van der Waals surface area contributed by atoms with Crippen LogP contribution in [0.4, 0.5) is 10.1 Å². The molecule has 0 spiro atoms. The van der Waals surface area contributed by atoms with E-state index in [1.165, 1.54) is 24.1 Å². The van der Waals surface area contributed by atoms with Crippen molar-refractivity contribution in [1.29, 1.82) is 0 Å². The van der Waals surface area contributed by atoms with Crippen molar-refractivity contribution in [2.24, 2.45) is 5.92 Å². The molecular formula is C24H36FN3O6. The molecule has 1 heterocycles. The number of amides is 2. The zero-order valence-electron chi connectivity index (χ0n) is 20.3. The van der Waals surface area contributed by atoms with Crippen molar-refractivity contribution in [2.75, 3.05) is 64.6 Å². The van der Waals surface area contributed by atoms with Crippen LogP contribution in [0.1, 0.15) is 32.3 Å². The minimum atomic E-state index is -1.16. The van der Waals surface area contributed by atoms with E-state index in [9.17, 15) is 18.8 Å². The van der Waals surface area contributed by atoms with Crippen LogP contribution in [0.5, 0.6) is 0 Å². The molecule has 1 aliphatic heterocycles. The Morgan fingerprint density at radius 2 is 1.74 bits per heavy atom. The van der Waals surface area contributed by atoms with Crippen LogP contribution in [0.25, 0.3) is 0 Å². The largest absolute Gasteiger partial charge is 0.480 e. The molecule has 0 fully saturated rings. The van der Waals surface area contributed by atoms with Gasteiger partial charge in [-0.05, 0) is 55.6 Å². The lowest BCUT2D eigenvalue weighted by atomic mass is 10.1. The van der Waals surface area contributed by atoms with E-state index in [-0.39, 0.29) is 25.7 Å². The third kappa shape index (κ3) is 9.00. The normalized spacial score (nSPS) is 16.0. The third-order valence-corrected chi connectivity index (χ3v) is 5.45. The van der Waals surface area contributed by atoms with Crippen molar-refractivity contribution >= 4 is 23.5 Å². The van der Waals surface area contributed by atoms with Gasteiger partial charge < -0.3 is 29.3 Å². The molecule has 0 aromatic heterocycles. The number of ether oxygens (including phenoxy) is 2. The maximum absolute atomic E-state index is 14.2. The van der Waals surface area contributed by atoms with Crippen LogP contribution in [-0.2, 0) is 30.4 Å². The molecule has 0 aliphatic carbocycles. The summed E-state index contributed by atoms with van der Waals surface area (Å²) < 4.78 is 24.3. The predicted molar refractivity (Wildman–Crippen MR) is 125 cm³/mol. The summed E-state index contributed by atoms with van der Waals surface area (Å²) in [5.74, 6) is -1.80. The minimum Gasteiger partial charge on any atom is -0.480 e. The molecule has 0 saturated carbocycles. The van der Waals surface area contributed by atoms with Gasteiger partial charge in [-0.25, -0.2) is 9.18 Å². The van der Waals surface area contributed by atoms with Gasteiger partial charge in [0.25, 0.3) is 5.91 Å². The monoisotopic (exact) mass is 481 g/mol. The molecule has 0 saturated heterocycles. The summed E-state index contributed by atoms with van der Waals surface area (Å²) in [6, 6.07) is 4.18. The highest BCUT2D eigenvalue weighted by Gasteiger charge is 2.24. The van der Waals surface area contributed by atoms with Gasteiger partial charge in [0.1, 0.15) is 25.6 Å². The van der Waals surface area contributed by atoms with Crippen molar-refractivity contribution in [1.82, 2.24) is 9.80 Å². The molecular weight excluding hydrogens is 445 g/mol. The molecule has 34 heavy (non-hydrogen) atoms. The van der Waals surface area contributed by atoms with Crippen LogP contribution >= 0.6 is 0 Å². The smallest absolute Gasteiger partial charge is 0.329 e. The first kappa shape index (κ1) is 27.7. The fraction of sp³-hybridized carbons (Fsp3) is 0.625. The van der Waals surface area contributed by atoms with Crippen LogP contribution in [0, 0.1) is 11.7 Å². The van der Waals surface area contributed by atoms with Gasteiger partial charge in [0.15, 0.2) is 0 Å². The molecule has 190 valence electrons. The van der Waals surface area contributed by atoms with E-state index in [0.717, 1.165) is 26.1 Å². The van der Waals surface area contributed by atoms with E-state index in [0.29, 0.717) is 36.7 Å². The molecule has 0 unspecified atom stereocenters. The molecule has 1 N–H and O–H groups in total. The Hall–Kier alpha value is -2.56. The molecule has 10 heteroatoms. The average molecular weight is 482 g/mol. The van der Waals surface area contributed by atoms with E-state index in [4.69, 9.17) is 14.6 Å². The number of carboxylic acids is 1. The number of hydrogen-bond donors (Lipinski definition) is 1. The van der Waals surface area contributed by atoms with Gasteiger partial charge in [-0.1, -0.05) is 13.8 Å². The number of nitrogens with zero attached hydrogens (tertiary/aromatic N) is 3. The van der Waals surface area contributed by atoms with Gasteiger partial charge in [-0.15, -0.1) is 0 Å². The Labute approximate surface area is 200 Å². The van der Waals surface area contributed by atoms with Gasteiger partial charge >= 0.3 is 5.97 Å². The van der Waals surface area contributed by atoms with Crippen LogP contribution in [0.3, 0.4) is 0 Å². The summed E-state index contributed by atoms with van der Waals surface area (Å²) in [5.41, 5.74) is 1.03. The fourth-order valence-electron chi connectivity index (χ4n) is 4.09. The molecule has 0 bridgehead atoms. The number of carboxylic acid groups (broad SMARTS) is 1. The van der Waals surface area contributed by atoms with Crippen molar-refractivity contribution in [3.8, 4) is 0 Å². The maximum Gasteiger partial charge on any atom is 0.329 e. The number of halogens is 1. The Morgan fingerprint density at radius 1 is 1.03 bits per heavy atom. The molecule has 1 aliphatic rings. The zero-order valence-corrected chi connectivity index (χ0v) is 20.3. The Balaban J connectivity index is 2.37. The molecule has 1 aromatic carbocycles. The highest BCUT2D eigenvalue weighted by molar-refractivity contribution is 5.95. The van der Waals surface area contributed by atoms with Crippen molar-refractivity contribution in [3.05, 3.63) is 29.6 Å². The average Bonchev–Trinajstić information content (AvgIpc) is 2.75. The lowest BCUT2D eigenvalue weighted by molar-refractivity contribution is -0.146. The van der Waals surface area contributed by atoms with Crippen molar-refractivity contribution < 1.29 is 33.4 Å². The van der Waals surface area contributed by atoms with Gasteiger partial charge in [0.05, 0.1) is 0 Å². The first-order chi connectivity index (χ1) is 16.2. The van der Waals surface area contributed by atoms with E-state index in [1.54, 1.807) is 11.0 Å². The highest BCUT2D eigenvalue weighted by atomic mass is 19.1. The van der Waals surface area contributed by atoms with Crippen LogP contribution < -0.4 is 4.90 Å². The molecule has 2 amide bonds. The van der Waals surface area contributed by atoms with Gasteiger partial charge in [-0.2, -0.15) is 0 Å². The maximum atomic E-state index is 14.2. The minimum absolute atomic E-state index is 0.0727. The summed E-state index contributed by atoms with van der Waals surface area (Å²) in [5, 5.41) is 8.79. The number of aliphatic carboxylic acids is 1. The van der Waals surface area contributed by atoms with E-state index < -0.39 is 24.3 Å². The summed E-state index contributed by atoms with van der Waals surface area (Å²) in [6.45, 7) is 6.55. The second-order valence-electron chi connectivity index (χ2n) is 8.85. The topological polar surface area (TPSA) is 99.6 Å². The number of rotatable bonds is 8. The van der Waals surface area contributed by atoms with Crippen LogP contribution in [0.15, 0.2) is 18.2 Å². The number of fused-ring (bicyclic) bond motifs is 1. The van der Waals surface area contributed by atoms with E-state index in [2.05, 4.69) is 18.7 Å². The molecule has 0 radical (unpaired) electrons. The lowest BCUT2D eigenvalue weighted by Crippen LogP contribution is -2.41. The van der Waals surface area contributed by atoms with E-state index in [1.807, 2.05) is 0 Å². The number of benzene rings is 1. The highest BCUT2D eigenvalue weighted by Crippen LogP contribution is 2.25. The fourth-order valence-corrected chi connectivity index (χ4v) is 4.09. The Kier molecular flexibility index (Phi) is 11.4. The standard InChI is InChI=1S/C24H36FN3O6/c1-18(2)13-26-8-4-10-27(22(29)16-34-17-24(31)32)14-19-12-20(25)6-7-21(19)28(11-5-9-26)23(30)15-33-3/h6-7,12,18H,4-5,8-11,13-17H2,1-3H3,(H,31,32). The molecule has 1 aromatic rings. The number of carbonyl (C=O) groups excluding carboxylic acids is 2. The quantitative estimate of drug-likeness (QED) is 0.606. The second kappa shape index (κ2) is 14.0. The predicted octanol–water partition coefficient (Wildman–Crippen LogP) is 1.99. The summed E-state index contributed by atoms with van der Waals surface area (Å²) in [4.78, 5) is 41.9. The number of methoxy groups -OCH3 is 1. The lowest BCUT2D eigenvalue weighted by Gasteiger charge is -2.32. The van der Waals surface area contributed by atoms with Gasteiger partial charge in [0, 0.05) is 39.0 Å². The molecule has 0 atom stereocenters. The molecule has 9 nitrogen and oxygen atoms in total.